The van der Waals surface area contributed by atoms with Crippen molar-refractivity contribution in [2.75, 3.05) is 12.4 Å². The van der Waals surface area contributed by atoms with E-state index < -0.39 is 13.5 Å². The average molecular weight is 304 g/mol. The van der Waals surface area contributed by atoms with Crippen molar-refractivity contribution in [2.24, 2.45) is 10.3 Å². The van der Waals surface area contributed by atoms with Crippen LogP contribution in [0.3, 0.4) is 0 Å². The predicted octanol–water partition coefficient (Wildman–Crippen LogP) is 1.01. The highest BCUT2D eigenvalue weighted by Crippen LogP contribution is 2.38. The molecule has 0 aliphatic rings. The summed E-state index contributed by atoms with van der Waals surface area (Å²) < 4.78 is 4.80. The van der Waals surface area contributed by atoms with Crippen molar-refractivity contribution in [2.45, 2.75) is 6.92 Å². The van der Waals surface area contributed by atoms with Gasteiger partial charge in [0.25, 0.3) is 0 Å². The van der Waals surface area contributed by atoms with E-state index in [2.05, 4.69) is 6.58 Å². The summed E-state index contributed by atoms with van der Waals surface area (Å²) >= 11 is 1.97. The van der Waals surface area contributed by atoms with Gasteiger partial charge in [-0.3, -0.25) is 10.3 Å². The van der Waals surface area contributed by atoms with Crippen LogP contribution < -0.4 is 10.3 Å². The number of hydrogen-bond donors (Lipinski definition) is 2. The fourth-order valence-electron chi connectivity index (χ4n) is 0.385. The zero-order valence-electron chi connectivity index (χ0n) is 6.88. The second-order valence-electron chi connectivity index (χ2n) is 2.38. The summed E-state index contributed by atoms with van der Waals surface area (Å²) in [6.07, 6.45) is 0. The summed E-state index contributed by atoms with van der Waals surface area (Å²) in [6.45, 7) is 5.29. The van der Waals surface area contributed by atoms with E-state index in [1.165, 1.54) is 0 Å². The van der Waals surface area contributed by atoms with E-state index >= 15 is 0 Å². The van der Waals surface area contributed by atoms with E-state index in [1.807, 2.05) is 21.2 Å². The lowest BCUT2D eigenvalue weighted by Gasteiger charge is -2.21. The normalized spacial score (nSPS) is 12.3. The summed E-state index contributed by atoms with van der Waals surface area (Å²) in [5.74, 6) is 0.113. The highest BCUT2D eigenvalue weighted by molar-refractivity contribution is 14.2. The molecular formula is C6H13IN2O2S. The van der Waals surface area contributed by atoms with Crippen LogP contribution in [0.25, 0.3) is 0 Å². The Morgan fingerprint density at radius 3 is 2.50 bits per heavy atom. The molecule has 0 saturated heterocycles. The first-order valence-electron chi connectivity index (χ1n) is 3.21. The molecule has 0 aliphatic heterocycles. The van der Waals surface area contributed by atoms with E-state index in [0.29, 0.717) is 11.3 Å². The highest BCUT2D eigenvalue weighted by Gasteiger charge is 2.09. The molecule has 0 aromatic carbocycles. The third-order valence-corrected chi connectivity index (χ3v) is 3.09. The van der Waals surface area contributed by atoms with Gasteiger partial charge in [0.2, 0.25) is 0 Å². The molecule has 72 valence electrons. The molecule has 0 heterocycles. The fraction of sp³-hybridized carbons (Fsp3) is 0.500. The quantitative estimate of drug-likeness (QED) is 0.461. The monoisotopic (exact) mass is 304 g/mol. The zero-order chi connectivity index (χ0) is 9.78. The van der Waals surface area contributed by atoms with Crippen molar-refractivity contribution in [1.29, 1.82) is 0 Å². The lowest BCUT2D eigenvalue weighted by Crippen LogP contribution is -2.21. The van der Waals surface area contributed by atoms with Gasteiger partial charge in [0.15, 0.2) is 0 Å². The maximum atomic E-state index is 10.8. The Labute approximate surface area is 85.9 Å². The molecule has 0 fully saturated rings. The summed E-state index contributed by atoms with van der Waals surface area (Å²) in [4.78, 5) is 10.8. The largest absolute Gasteiger partial charge is 0.461 e. The Bertz CT molecular complexity index is 190. The van der Waals surface area contributed by atoms with Gasteiger partial charge in [-0.15, -0.1) is 0 Å². The molecule has 0 amide bonds. The van der Waals surface area contributed by atoms with Crippen molar-refractivity contribution in [3.8, 4) is 0 Å². The van der Waals surface area contributed by atoms with Gasteiger partial charge in [-0.05, 0) is 6.92 Å². The molecule has 6 heteroatoms. The van der Waals surface area contributed by atoms with Gasteiger partial charge in [0, 0.05) is 32.5 Å². The lowest BCUT2D eigenvalue weighted by molar-refractivity contribution is -0.138. The molecule has 4 nitrogen and oxygen atoms in total. The Morgan fingerprint density at radius 1 is 1.67 bits per heavy atom. The predicted molar refractivity (Wildman–Crippen MR) is 60.6 cm³/mol. The van der Waals surface area contributed by atoms with Crippen molar-refractivity contribution in [1.82, 2.24) is 0 Å². The Hall–Kier alpha value is 0.210. The molecule has 0 aromatic heterocycles. The lowest BCUT2D eigenvalue weighted by atomic mass is 10.4. The minimum atomic E-state index is -1.58. The summed E-state index contributed by atoms with van der Waals surface area (Å²) in [6, 6.07) is 0. The van der Waals surface area contributed by atoms with Crippen LogP contribution in [0.15, 0.2) is 12.2 Å². The minimum absolute atomic E-state index is 0.261. The first-order chi connectivity index (χ1) is 5.33. The van der Waals surface area contributed by atoms with Gasteiger partial charge in [-0.1, -0.05) is 14.2 Å². The number of nitrogens with two attached hydrogens (primary N) is 2. The van der Waals surface area contributed by atoms with Crippen LogP contribution in [0.2, 0.25) is 0 Å². The second kappa shape index (κ2) is 5.05. The van der Waals surface area contributed by atoms with Crippen molar-refractivity contribution in [3.05, 3.63) is 12.2 Å². The molecule has 0 radical (unpaired) electrons. The standard InChI is InChI=1S/C6H13IN2O2S/c1-5(2)6(10)11-3-4-12(7,8)9/h1,3-4,8-9H2,2H3. The molecule has 0 spiro atoms. The van der Waals surface area contributed by atoms with Crippen LogP contribution >= 0.6 is 28.8 Å². The Morgan fingerprint density at radius 2 is 2.17 bits per heavy atom. The maximum absolute atomic E-state index is 10.8. The first kappa shape index (κ1) is 12.2. The van der Waals surface area contributed by atoms with Crippen LogP contribution in [-0.4, -0.2) is 18.3 Å². The summed E-state index contributed by atoms with van der Waals surface area (Å²) in [5, 5.41) is 11.1. The SMILES string of the molecule is C=C(C)C(=O)OCCS(N)(N)I. The van der Waals surface area contributed by atoms with Crippen molar-refractivity contribution in [3.63, 3.8) is 0 Å². The molecule has 0 unspecified atom stereocenters. The van der Waals surface area contributed by atoms with E-state index in [4.69, 9.17) is 15.0 Å². The number of hydrogen-bond acceptors (Lipinski definition) is 4. The van der Waals surface area contributed by atoms with Gasteiger partial charge in [-0.2, -0.15) is 0 Å². The molecule has 4 N–H and O–H groups in total. The van der Waals surface area contributed by atoms with Gasteiger partial charge in [-0.25, -0.2) is 4.79 Å². The minimum Gasteiger partial charge on any atom is -0.461 e. The van der Waals surface area contributed by atoms with Crippen LogP contribution in [0, 0.1) is 0 Å². The smallest absolute Gasteiger partial charge is 0.333 e. The number of carbonyl (C=O) groups excluding carboxylic acids is 1. The first-order valence-corrected chi connectivity index (χ1v) is 7.69. The third kappa shape index (κ3) is 6.89. The van der Waals surface area contributed by atoms with E-state index in [0.717, 1.165) is 0 Å². The van der Waals surface area contributed by atoms with Gasteiger partial charge < -0.3 is 4.74 Å². The molecule has 0 aromatic rings. The van der Waals surface area contributed by atoms with Crippen molar-refractivity contribution < 1.29 is 9.53 Å². The van der Waals surface area contributed by atoms with E-state index in [-0.39, 0.29) is 6.61 Å². The van der Waals surface area contributed by atoms with Gasteiger partial charge >= 0.3 is 5.97 Å². The summed E-state index contributed by atoms with van der Waals surface area (Å²) in [5.41, 5.74) is 0.387. The van der Waals surface area contributed by atoms with Crippen LogP contribution in [0.4, 0.5) is 0 Å². The van der Waals surface area contributed by atoms with Crippen LogP contribution in [-0.2, 0) is 9.53 Å². The van der Waals surface area contributed by atoms with Gasteiger partial charge in [0.05, 0.1) is 0 Å². The molecule has 0 bridgehead atoms. The number of rotatable bonds is 4. The summed E-state index contributed by atoms with van der Waals surface area (Å²) in [7, 11) is -1.58. The third-order valence-electron chi connectivity index (χ3n) is 0.978. The fourth-order valence-corrected chi connectivity index (χ4v) is 1.26. The van der Waals surface area contributed by atoms with E-state index in [1.54, 1.807) is 6.92 Å². The average Bonchev–Trinajstić information content (AvgIpc) is 1.84. The maximum Gasteiger partial charge on any atom is 0.333 e. The Balaban J connectivity index is 3.58. The zero-order valence-corrected chi connectivity index (χ0v) is 9.85. The number of halogens is 1. The van der Waals surface area contributed by atoms with Crippen molar-refractivity contribution >= 4 is 34.7 Å². The topological polar surface area (TPSA) is 78.3 Å². The van der Waals surface area contributed by atoms with Crippen LogP contribution in [0.5, 0.6) is 0 Å². The second-order valence-corrected chi connectivity index (χ2v) is 9.22. The number of ether oxygens (including phenoxy) is 1. The number of carbonyl (C=O) groups is 1. The molecule has 12 heavy (non-hydrogen) atoms. The highest BCUT2D eigenvalue weighted by atomic mass is 127. The van der Waals surface area contributed by atoms with E-state index in [9.17, 15) is 4.79 Å². The van der Waals surface area contributed by atoms with Gasteiger partial charge in [0.1, 0.15) is 6.61 Å². The molecule has 0 rings (SSSR count). The Kier molecular flexibility index (Phi) is 5.14. The number of esters is 1. The molecule has 0 saturated carbocycles. The molecule has 0 aliphatic carbocycles. The molecular weight excluding hydrogens is 291 g/mol. The molecule has 0 atom stereocenters. The van der Waals surface area contributed by atoms with Crippen LogP contribution in [0.1, 0.15) is 6.92 Å².